The van der Waals surface area contributed by atoms with E-state index in [2.05, 4.69) is 39.9 Å². The number of guanidine groups is 1. The molecule has 2 N–H and O–H groups in total. The van der Waals surface area contributed by atoms with Gasteiger partial charge in [-0.2, -0.15) is 0 Å². The topological polar surface area (TPSA) is 54.9 Å². The van der Waals surface area contributed by atoms with Crippen molar-refractivity contribution in [3.63, 3.8) is 0 Å². The van der Waals surface area contributed by atoms with Gasteiger partial charge in [-0.3, -0.25) is 4.99 Å². The Morgan fingerprint density at radius 2 is 1.77 bits per heavy atom. The highest BCUT2D eigenvalue weighted by molar-refractivity contribution is 14.0. The lowest BCUT2D eigenvalue weighted by atomic mass is 10.1. The molecule has 1 saturated heterocycles. The van der Waals surface area contributed by atoms with Gasteiger partial charge in [0.1, 0.15) is 0 Å². The Hall–Kier alpha value is -1.78. The van der Waals surface area contributed by atoms with Crippen LogP contribution in [0.3, 0.4) is 0 Å². The van der Waals surface area contributed by atoms with E-state index in [1.54, 1.807) is 13.1 Å². The molecule has 1 atom stereocenters. The third kappa shape index (κ3) is 8.01. The standard InChI is InChI=1S/C23H29F2N3O2.HI/c1-16(19-7-8-21(24)22(25)13-19)28-23(26-2)27-14-17-3-5-18(6-4-17)15-30-20-9-11-29-12-10-20;/h3-8,13,16,20H,9-12,14-15H2,1-2H3,(H2,26,27,28);1H. The van der Waals surface area contributed by atoms with E-state index in [-0.39, 0.29) is 36.1 Å². The number of ether oxygens (including phenoxy) is 2. The number of nitrogens with zero attached hydrogens (tertiary/aromatic N) is 1. The van der Waals surface area contributed by atoms with Crippen molar-refractivity contribution in [1.29, 1.82) is 0 Å². The summed E-state index contributed by atoms with van der Waals surface area (Å²) in [7, 11) is 1.67. The molecule has 170 valence electrons. The number of benzene rings is 2. The lowest BCUT2D eigenvalue weighted by Crippen LogP contribution is -2.38. The summed E-state index contributed by atoms with van der Waals surface area (Å²) in [4.78, 5) is 4.20. The lowest BCUT2D eigenvalue weighted by Gasteiger charge is -2.22. The molecule has 0 bridgehead atoms. The van der Waals surface area contributed by atoms with Crippen molar-refractivity contribution in [2.24, 2.45) is 4.99 Å². The molecular formula is C23H30F2IN3O2. The molecule has 1 unspecified atom stereocenters. The van der Waals surface area contributed by atoms with Crippen LogP contribution in [0.25, 0.3) is 0 Å². The van der Waals surface area contributed by atoms with Gasteiger partial charge in [-0.25, -0.2) is 8.78 Å². The zero-order valence-corrected chi connectivity index (χ0v) is 20.2. The van der Waals surface area contributed by atoms with Crippen LogP contribution in [0.15, 0.2) is 47.5 Å². The fraction of sp³-hybridized carbons (Fsp3) is 0.435. The van der Waals surface area contributed by atoms with Crippen LogP contribution >= 0.6 is 24.0 Å². The molecular weight excluding hydrogens is 515 g/mol. The first-order valence-corrected chi connectivity index (χ1v) is 10.2. The smallest absolute Gasteiger partial charge is 0.191 e. The third-order valence-electron chi connectivity index (χ3n) is 5.16. The van der Waals surface area contributed by atoms with Crippen LogP contribution in [-0.2, 0) is 22.6 Å². The Morgan fingerprint density at radius 3 is 2.42 bits per heavy atom. The monoisotopic (exact) mass is 545 g/mol. The highest BCUT2D eigenvalue weighted by atomic mass is 127. The third-order valence-corrected chi connectivity index (χ3v) is 5.16. The highest BCUT2D eigenvalue weighted by Crippen LogP contribution is 2.16. The minimum Gasteiger partial charge on any atom is -0.381 e. The van der Waals surface area contributed by atoms with Crippen LogP contribution in [-0.4, -0.2) is 32.3 Å². The SMILES string of the molecule is CN=C(NCc1ccc(COC2CCOCC2)cc1)NC(C)c1ccc(F)c(F)c1.I. The van der Waals surface area contributed by atoms with Gasteiger partial charge in [-0.1, -0.05) is 30.3 Å². The molecule has 1 aliphatic heterocycles. The molecule has 8 heteroatoms. The molecule has 0 saturated carbocycles. The fourth-order valence-electron chi connectivity index (χ4n) is 3.26. The van der Waals surface area contributed by atoms with Gasteiger partial charge in [0.15, 0.2) is 17.6 Å². The molecule has 0 amide bonds. The Kier molecular flexibility index (Phi) is 10.6. The van der Waals surface area contributed by atoms with Crippen molar-refractivity contribution in [3.05, 3.63) is 70.8 Å². The van der Waals surface area contributed by atoms with Crippen molar-refractivity contribution >= 4 is 29.9 Å². The Balaban J connectivity index is 0.00000341. The summed E-state index contributed by atoms with van der Waals surface area (Å²) in [6.45, 7) is 4.62. The van der Waals surface area contributed by atoms with Gasteiger partial charge in [0.2, 0.25) is 0 Å². The van der Waals surface area contributed by atoms with Crippen LogP contribution in [0.1, 0.15) is 42.5 Å². The van der Waals surface area contributed by atoms with Crippen molar-refractivity contribution < 1.29 is 18.3 Å². The van der Waals surface area contributed by atoms with Crippen LogP contribution < -0.4 is 10.6 Å². The van der Waals surface area contributed by atoms with E-state index in [1.807, 2.05) is 6.92 Å². The molecule has 5 nitrogen and oxygen atoms in total. The first kappa shape index (κ1) is 25.5. The normalized spacial score (nSPS) is 15.8. The number of nitrogens with one attached hydrogen (secondary N) is 2. The van der Waals surface area contributed by atoms with E-state index >= 15 is 0 Å². The molecule has 3 rings (SSSR count). The number of hydrogen-bond donors (Lipinski definition) is 2. The number of halogens is 3. The maximum atomic E-state index is 13.5. The van der Waals surface area contributed by atoms with E-state index in [0.717, 1.165) is 43.2 Å². The molecule has 1 fully saturated rings. The number of aliphatic imine (C=N–C) groups is 1. The van der Waals surface area contributed by atoms with Crippen molar-refractivity contribution in [3.8, 4) is 0 Å². The van der Waals surface area contributed by atoms with Gasteiger partial charge in [0.05, 0.1) is 18.8 Å². The Bertz CT molecular complexity index is 843. The van der Waals surface area contributed by atoms with Crippen LogP contribution in [0.5, 0.6) is 0 Å². The summed E-state index contributed by atoms with van der Waals surface area (Å²) in [6.07, 6.45) is 2.19. The van der Waals surface area contributed by atoms with E-state index in [4.69, 9.17) is 9.47 Å². The van der Waals surface area contributed by atoms with Gasteiger partial charge in [-0.05, 0) is 48.6 Å². The van der Waals surface area contributed by atoms with E-state index in [9.17, 15) is 8.78 Å². The minimum atomic E-state index is -0.856. The summed E-state index contributed by atoms with van der Waals surface area (Å²) < 4.78 is 37.9. The first-order valence-electron chi connectivity index (χ1n) is 10.2. The largest absolute Gasteiger partial charge is 0.381 e. The number of rotatable bonds is 7. The number of hydrogen-bond acceptors (Lipinski definition) is 3. The maximum Gasteiger partial charge on any atom is 0.191 e. The molecule has 2 aromatic carbocycles. The second-order valence-corrected chi connectivity index (χ2v) is 7.40. The molecule has 1 heterocycles. The average molecular weight is 545 g/mol. The van der Waals surface area contributed by atoms with E-state index in [1.165, 1.54) is 6.07 Å². The fourth-order valence-corrected chi connectivity index (χ4v) is 3.26. The van der Waals surface area contributed by atoms with Gasteiger partial charge >= 0.3 is 0 Å². The van der Waals surface area contributed by atoms with Gasteiger partial charge in [0.25, 0.3) is 0 Å². The summed E-state index contributed by atoms with van der Waals surface area (Å²) in [6, 6.07) is 11.9. The van der Waals surface area contributed by atoms with Crippen LogP contribution in [0, 0.1) is 11.6 Å². The summed E-state index contributed by atoms with van der Waals surface area (Å²) in [5.74, 6) is -1.13. The Labute approximate surface area is 199 Å². The molecule has 1 aliphatic rings. The van der Waals surface area contributed by atoms with E-state index < -0.39 is 11.6 Å². The van der Waals surface area contributed by atoms with Crippen molar-refractivity contribution in [2.45, 2.75) is 45.1 Å². The first-order chi connectivity index (χ1) is 14.5. The predicted octanol–water partition coefficient (Wildman–Crippen LogP) is 4.70. The second kappa shape index (κ2) is 12.9. The summed E-state index contributed by atoms with van der Waals surface area (Å²) in [5.41, 5.74) is 2.89. The van der Waals surface area contributed by atoms with Crippen molar-refractivity contribution in [2.75, 3.05) is 20.3 Å². The lowest BCUT2D eigenvalue weighted by molar-refractivity contribution is -0.0390. The van der Waals surface area contributed by atoms with Gasteiger partial charge in [0, 0.05) is 26.8 Å². The van der Waals surface area contributed by atoms with Crippen LogP contribution in [0.2, 0.25) is 0 Å². The molecule has 0 radical (unpaired) electrons. The second-order valence-electron chi connectivity index (χ2n) is 7.40. The molecule has 2 aromatic rings. The Morgan fingerprint density at radius 1 is 1.10 bits per heavy atom. The van der Waals surface area contributed by atoms with Gasteiger partial charge in [-0.15, -0.1) is 24.0 Å². The van der Waals surface area contributed by atoms with E-state index in [0.29, 0.717) is 24.7 Å². The maximum absolute atomic E-state index is 13.5. The molecule has 0 spiro atoms. The molecule has 31 heavy (non-hydrogen) atoms. The predicted molar refractivity (Wildman–Crippen MR) is 129 cm³/mol. The summed E-state index contributed by atoms with van der Waals surface area (Å²) in [5, 5.41) is 6.43. The zero-order valence-electron chi connectivity index (χ0n) is 17.9. The molecule has 0 aromatic heterocycles. The average Bonchev–Trinajstić information content (AvgIpc) is 2.78. The summed E-state index contributed by atoms with van der Waals surface area (Å²) >= 11 is 0. The quantitative estimate of drug-likeness (QED) is 0.301. The molecule has 0 aliphatic carbocycles. The highest BCUT2D eigenvalue weighted by Gasteiger charge is 2.14. The van der Waals surface area contributed by atoms with Gasteiger partial charge < -0.3 is 20.1 Å². The van der Waals surface area contributed by atoms with Crippen LogP contribution in [0.4, 0.5) is 8.78 Å². The van der Waals surface area contributed by atoms with Crippen molar-refractivity contribution in [1.82, 2.24) is 10.6 Å². The zero-order chi connectivity index (χ0) is 21.3. The minimum absolute atomic E-state index is 0.